The summed E-state index contributed by atoms with van der Waals surface area (Å²) in [6, 6.07) is 6.93. The molecule has 0 bridgehead atoms. The first-order valence-electron chi connectivity index (χ1n) is 9.15. The Kier molecular flexibility index (Phi) is 5.88. The molecule has 3 rings (SSSR count). The predicted octanol–water partition coefficient (Wildman–Crippen LogP) is 3.61. The number of imidazole rings is 1. The van der Waals surface area contributed by atoms with Crippen LogP contribution in [0.1, 0.15) is 29.6 Å². The molecular weight excluding hydrogens is 383 g/mol. The van der Waals surface area contributed by atoms with Crippen LogP contribution in [0.5, 0.6) is 0 Å². The van der Waals surface area contributed by atoms with Gasteiger partial charge in [0, 0.05) is 36.6 Å². The molecule has 154 valence electrons. The van der Waals surface area contributed by atoms with E-state index in [0.717, 1.165) is 24.9 Å². The van der Waals surface area contributed by atoms with Gasteiger partial charge in [0.2, 0.25) is 0 Å². The second-order valence-corrected chi connectivity index (χ2v) is 6.88. The summed E-state index contributed by atoms with van der Waals surface area (Å²) in [5, 5.41) is 0. The number of alkyl halides is 3. The fourth-order valence-corrected chi connectivity index (χ4v) is 3.10. The molecule has 0 spiro atoms. The molecular formula is C20H22F3N5O. The van der Waals surface area contributed by atoms with Gasteiger partial charge in [0.05, 0.1) is 6.54 Å². The van der Waals surface area contributed by atoms with Gasteiger partial charge in [-0.05, 0) is 26.5 Å². The van der Waals surface area contributed by atoms with Crippen molar-refractivity contribution in [3.05, 3.63) is 69.7 Å². The highest BCUT2D eigenvalue weighted by Crippen LogP contribution is 2.30. The molecule has 9 heteroatoms. The second kappa shape index (κ2) is 8.20. The Bertz CT molecular complexity index is 1040. The summed E-state index contributed by atoms with van der Waals surface area (Å²) in [5.41, 5.74) is -0.995. The highest BCUT2D eigenvalue weighted by molar-refractivity contribution is 5.55. The topological polar surface area (TPSA) is 66.8 Å². The number of aryl methyl sites for hydroxylation is 1. The van der Waals surface area contributed by atoms with E-state index in [1.807, 2.05) is 25.4 Å². The number of H-pyrrole nitrogens is 1. The van der Waals surface area contributed by atoms with E-state index in [4.69, 9.17) is 0 Å². The predicted molar refractivity (Wildman–Crippen MR) is 103 cm³/mol. The number of nitrogens with zero attached hydrogens (tertiary/aromatic N) is 4. The van der Waals surface area contributed by atoms with E-state index in [-0.39, 0.29) is 5.82 Å². The normalized spacial score (nSPS) is 12.0. The number of rotatable bonds is 6. The SMILES string of the molecule is CCn1ccnc1CN(C)Cc1ccc(-c2nc(C(F)(F)F)c(C)c(=O)[nH]2)cc1. The van der Waals surface area contributed by atoms with Crippen molar-refractivity contribution in [2.75, 3.05) is 7.05 Å². The minimum atomic E-state index is -4.68. The first-order chi connectivity index (χ1) is 13.7. The van der Waals surface area contributed by atoms with Crippen molar-refractivity contribution in [1.29, 1.82) is 0 Å². The molecule has 0 aliphatic carbocycles. The summed E-state index contributed by atoms with van der Waals surface area (Å²) >= 11 is 0. The third kappa shape index (κ3) is 4.73. The minimum Gasteiger partial charge on any atom is -0.334 e. The van der Waals surface area contributed by atoms with Gasteiger partial charge in [-0.3, -0.25) is 9.69 Å². The molecule has 29 heavy (non-hydrogen) atoms. The molecule has 1 aromatic carbocycles. The van der Waals surface area contributed by atoms with Crippen LogP contribution in [0.2, 0.25) is 0 Å². The number of nitrogens with one attached hydrogen (secondary N) is 1. The first-order valence-corrected chi connectivity index (χ1v) is 9.15. The van der Waals surface area contributed by atoms with E-state index in [2.05, 4.69) is 31.3 Å². The summed E-state index contributed by atoms with van der Waals surface area (Å²) in [6.07, 6.45) is -0.978. The summed E-state index contributed by atoms with van der Waals surface area (Å²) in [7, 11) is 1.97. The third-order valence-corrected chi connectivity index (χ3v) is 4.65. The van der Waals surface area contributed by atoms with Gasteiger partial charge in [0.15, 0.2) is 5.69 Å². The summed E-state index contributed by atoms with van der Waals surface area (Å²) in [6.45, 7) is 5.32. The number of aromatic amines is 1. The monoisotopic (exact) mass is 405 g/mol. The van der Waals surface area contributed by atoms with Gasteiger partial charge in [-0.25, -0.2) is 9.97 Å². The highest BCUT2D eigenvalue weighted by atomic mass is 19.4. The maximum atomic E-state index is 13.1. The van der Waals surface area contributed by atoms with Crippen LogP contribution in [0.3, 0.4) is 0 Å². The zero-order chi connectivity index (χ0) is 21.2. The van der Waals surface area contributed by atoms with Gasteiger partial charge in [0.1, 0.15) is 11.6 Å². The van der Waals surface area contributed by atoms with Crippen molar-refractivity contribution >= 4 is 0 Å². The Morgan fingerprint density at radius 3 is 2.48 bits per heavy atom. The Morgan fingerprint density at radius 1 is 1.17 bits per heavy atom. The molecule has 2 heterocycles. The average molecular weight is 405 g/mol. The van der Waals surface area contributed by atoms with E-state index in [1.54, 1.807) is 18.3 Å². The lowest BCUT2D eigenvalue weighted by Crippen LogP contribution is -2.21. The number of hydrogen-bond acceptors (Lipinski definition) is 4. The zero-order valence-corrected chi connectivity index (χ0v) is 16.4. The van der Waals surface area contributed by atoms with Crippen LogP contribution in [-0.2, 0) is 25.8 Å². The lowest BCUT2D eigenvalue weighted by Gasteiger charge is -2.17. The molecule has 0 unspecified atom stereocenters. The molecule has 0 amide bonds. The third-order valence-electron chi connectivity index (χ3n) is 4.65. The molecule has 2 aromatic heterocycles. The smallest absolute Gasteiger partial charge is 0.334 e. The maximum absolute atomic E-state index is 13.1. The standard InChI is InChI=1S/C20H22F3N5O/c1-4-28-10-9-24-16(28)12-27(3)11-14-5-7-15(8-6-14)18-25-17(20(21,22)23)13(2)19(29)26-18/h5-10H,4,11-12H2,1-3H3,(H,25,26,29). The quantitative estimate of drug-likeness (QED) is 0.680. The van der Waals surface area contributed by atoms with Gasteiger partial charge in [-0.15, -0.1) is 0 Å². The fraction of sp³-hybridized carbons (Fsp3) is 0.350. The molecule has 3 aromatic rings. The van der Waals surface area contributed by atoms with E-state index in [9.17, 15) is 18.0 Å². The van der Waals surface area contributed by atoms with Crippen molar-refractivity contribution in [3.8, 4) is 11.4 Å². The Balaban J connectivity index is 1.77. The minimum absolute atomic E-state index is 0.0993. The van der Waals surface area contributed by atoms with Crippen molar-refractivity contribution in [2.24, 2.45) is 0 Å². The summed E-state index contributed by atoms with van der Waals surface area (Å²) in [4.78, 5) is 24.4. The highest BCUT2D eigenvalue weighted by Gasteiger charge is 2.36. The van der Waals surface area contributed by atoms with Crippen LogP contribution in [0.4, 0.5) is 13.2 Å². The van der Waals surface area contributed by atoms with E-state index in [0.29, 0.717) is 18.7 Å². The van der Waals surface area contributed by atoms with Crippen molar-refractivity contribution < 1.29 is 13.2 Å². The largest absolute Gasteiger partial charge is 0.433 e. The number of benzene rings is 1. The second-order valence-electron chi connectivity index (χ2n) is 6.88. The molecule has 0 saturated heterocycles. The Hall–Kier alpha value is -2.94. The molecule has 6 nitrogen and oxygen atoms in total. The average Bonchev–Trinajstić information content (AvgIpc) is 3.10. The lowest BCUT2D eigenvalue weighted by molar-refractivity contribution is -0.141. The van der Waals surface area contributed by atoms with Gasteiger partial charge < -0.3 is 9.55 Å². The van der Waals surface area contributed by atoms with E-state index < -0.39 is 23.0 Å². The zero-order valence-electron chi connectivity index (χ0n) is 16.4. The van der Waals surface area contributed by atoms with Gasteiger partial charge in [0.25, 0.3) is 5.56 Å². The molecule has 0 aliphatic rings. The van der Waals surface area contributed by atoms with Crippen molar-refractivity contribution in [3.63, 3.8) is 0 Å². The van der Waals surface area contributed by atoms with Crippen LogP contribution in [-0.4, -0.2) is 31.5 Å². The van der Waals surface area contributed by atoms with Crippen LogP contribution >= 0.6 is 0 Å². The van der Waals surface area contributed by atoms with Crippen LogP contribution in [0.15, 0.2) is 41.5 Å². The van der Waals surface area contributed by atoms with Gasteiger partial charge in [-0.2, -0.15) is 13.2 Å². The molecule has 1 N–H and O–H groups in total. The van der Waals surface area contributed by atoms with Gasteiger partial charge >= 0.3 is 6.18 Å². The maximum Gasteiger partial charge on any atom is 0.433 e. The number of hydrogen-bond donors (Lipinski definition) is 1. The molecule has 0 aliphatic heterocycles. The van der Waals surface area contributed by atoms with Crippen LogP contribution in [0, 0.1) is 6.92 Å². The first kappa shape index (κ1) is 20.8. The molecule has 0 atom stereocenters. The molecule has 0 fully saturated rings. The van der Waals surface area contributed by atoms with Crippen LogP contribution < -0.4 is 5.56 Å². The van der Waals surface area contributed by atoms with Gasteiger partial charge in [-0.1, -0.05) is 24.3 Å². The summed E-state index contributed by atoms with van der Waals surface area (Å²) in [5.74, 6) is 0.866. The number of aromatic nitrogens is 4. The Morgan fingerprint density at radius 2 is 1.86 bits per heavy atom. The molecule has 0 radical (unpaired) electrons. The number of halogens is 3. The van der Waals surface area contributed by atoms with E-state index >= 15 is 0 Å². The molecule has 0 saturated carbocycles. The fourth-order valence-electron chi connectivity index (χ4n) is 3.10. The van der Waals surface area contributed by atoms with Crippen LogP contribution in [0.25, 0.3) is 11.4 Å². The Labute approximate surface area is 166 Å². The van der Waals surface area contributed by atoms with E-state index in [1.165, 1.54) is 0 Å². The van der Waals surface area contributed by atoms with Crippen molar-refractivity contribution in [2.45, 2.75) is 39.7 Å². The van der Waals surface area contributed by atoms with Crippen molar-refractivity contribution in [1.82, 2.24) is 24.4 Å². The summed E-state index contributed by atoms with van der Waals surface area (Å²) < 4.78 is 41.4. The lowest BCUT2D eigenvalue weighted by atomic mass is 10.1.